The predicted molar refractivity (Wildman–Crippen MR) is 75.7 cm³/mol. The quantitative estimate of drug-likeness (QED) is 0.902. The predicted octanol–water partition coefficient (Wildman–Crippen LogP) is 1.98. The maximum Gasteiger partial charge on any atom is 0.134 e. The molecule has 0 spiro atoms. The number of nitrogens with zero attached hydrogens (tertiary/aromatic N) is 3. The van der Waals surface area contributed by atoms with Crippen LogP contribution in [-0.4, -0.2) is 42.3 Å². The van der Waals surface area contributed by atoms with E-state index < -0.39 is 0 Å². The zero-order valence-corrected chi connectivity index (χ0v) is 11.6. The molecule has 0 aromatic carbocycles. The summed E-state index contributed by atoms with van der Waals surface area (Å²) in [6, 6.07) is 2.67. The Hall–Kier alpha value is -1.36. The van der Waals surface area contributed by atoms with Crippen molar-refractivity contribution in [3.05, 3.63) is 11.9 Å². The van der Waals surface area contributed by atoms with Gasteiger partial charge in [-0.05, 0) is 19.8 Å². The summed E-state index contributed by atoms with van der Waals surface area (Å²) in [6.45, 7) is 5.37. The molecular formula is C14H22N4O. The summed E-state index contributed by atoms with van der Waals surface area (Å²) in [7, 11) is 0. The second-order valence-corrected chi connectivity index (χ2v) is 5.38. The lowest BCUT2D eigenvalue weighted by Gasteiger charge is -2.28. The lowest BCUT2D eigenvalue weighted by Crippen LogP contribution is -2.37. The highest BCUT2D eigenvalue weighted by atomic mass is 16.5. The Morgan fingerprint density at radius 3 is 2.68 bits per heavy atom. The first kappa shape index (κ1) is 12.7. The Kier molecular flexibility index (Phi) is 3.82. The van der Waals surface area contributed by atoms with Crippen LogP contribution in [0.4, 0.5) is 11.6 Å². The third-order valence-electron chi connectivity index (χ3n) is 3.87. The zero-order chi connectivity index (χ0) is 13.1. The van der Waals surface area contributed by atoms with Crippen LogP contribution in [0.15, 0.2) is 6.07 Å². The van der Waals surface area contributed by atoms with Crippen LogP contribution in [0.3, 0.4) is 0 Å². The summed E-state index contributed by atoms with van der Waals surface area (Å²) in [5.41, 5.74) is 0. The van der Waals surface area contributed by atoms with Crippen LogP contribution in [0.2, 0.25) is 0 Å². The smallest absolute Gasteiger partial charge is 0.134 e. The summed E-state index contributed by atoms with van der Waals surface area (Å²) in [5, 5.41) is 3.55. The molecule has 2 fully saturated rings. The van der Waals surface area contributed by atoms with E-state index in [1.54, 1.807) is 0 Å². The van der Waals surface area contributed by atoms with Crippen molar-refractivity contribution in [1.82, 2.24) is 9.97 Å². The van der Waals surface area contributed by atoms with Crippen molar-refractivity contribution in [2.45, 2.75) is 38.6 Å². The number of aromatic nitrogens is 2. The van der Waals surface area contributed by atoms with Gasteiger partial charge in [-0.2, -0.15) is 0 Å². The van der Waals surface area contributed by atoms with Gasteiger partial charge in [0.2, 0.25) is 0 Å². The second kappa shape index (κ2) is 5.74. The molecule has 104 valence electrons. The maximum atomic E-state index is 5.39. The number of hydrogen-bond donors (Lipinski definition) is 1. The average Bonchev–Trinajstić information content (AvgIpc) is 2.92. The summed E-state index contributed by atoms with van der Waals surface area (Å²) < 4.78 is 5.39. The van der Waals surface area contributed by atoms with Gasteiger partial charge in [-0.3, -0.25) is 0 Å². The Balaban J connectivity index is 1.74. The van der Waals surface area contributed by atoms with Crippen molar-refractivity contribution in [2.24, 2.45) is 0 Å². The van der Waals surface area contributed by atoms with E-state index in [-0.39, 0.29) is 0 Å². The average molecular weight is 262 g/mol. The van der Waals surface area contributed by atoms with Crippen LogP contribution in [0.1, 0.15) is 31.5 Å². The van der Waals surface area contributed by atoms with E-state index in [2.05, 4.69) is 26.3 Å². The SMILES string of the molecule is Cc1nc(NC2CCCC2)cc(N2CCOCC2)n1. The molecule has 19 heavy (non-hydrogen) atoms. The van der Waals surface area contributed by atoms with Crippen LogP contribution >= 0.6 is 0 Å². The Morgan fingerprint density at radius 1 is 1.21 bits per heavy atom. The van der Waals surface area contributed by atoms with Crippen LogP contribution in [0, 0.1) is 6.92 Å². The maximum absolute atomic E-state index is 5.39. The van der Waals surface area contributed by atoms with Gasteiger partial charge in [0.1, 0.15) is 17.5 Å². The van der Waals surface area contributed by atoms with Crippen molar-refractivity contribution < 1.29 is 4.74 Å². The minimum absolute atomic E-state index is 0.590. The van der Waals surface area contributed by atoms with Gasteiger partial charge in [-0.25, -0.2) is 9.97 Å². The van der Waals surface area contributed by atoms with Gasteiger partial charge in [-0.15, -0.1) is 0 Å². The van der Waals surface area contributed by atoms with Crippen molar-refractivity contribution >= 4 is 11.6 Å². The number of nitrogens with one attached hydrogen (secondary N) is 1. The van der Waals surface area contributed by atoms with Gasteiger partial charge in [0.25, 0.3) is 0 Å². The van der Waals surface area contributed by atoms with E-state index in [0.29, 0.717) is 6.04 Å². The Morgan fingerprint density at radius 2 is 1.95 bits per heavy atom. The standard InChI is InChI=1S/C14H22N4O/c1-11-15-13(17-12-4-2-3-5-12)10-14(16-11)18-6-8-19-9-7-18/h10,12H,2-9H2,1H3,(H,15,16,17). The Labute approximate surface area is 114 Å². The molecule has 1 aliphatic heterocycles. The summed E-state index contributed by atoms with van der Waals surface area (Å²) >= 11 is 0. The third kappa shape index (κ3) is 3.15. The molecule has 0 amide bonds. The topological polar surface area (TPSA) is 50.3 Å². The molecule has 0 bridgehead atoms. The zero-order valence-electron chi connectivity index (χ0n) is 11.6. The molecule has 2 aliphatic rings. The molecule has 1 saturated heterocycles. The van der Waals surface area contributed by atoms with Crippen molar-refractivity contribution in [1.29, 1.82) is 0 Å². The molecule has 0 atom stereocenters. The molecule has 5 heteroatoms. The van der Waals surface area contributed by atoms with Crippen molar-refractivity contribution in [3.8, 4) is 0 Å². The fourth-order valence-electron chi connectivity index (χ4n) is 2.86. The molecule has 0 radical (unpaired) electrons. The lowest BCUT2D eigenvalue weighted by atomic mass is 10.2. The number of hydrogen-bond acceptors (Lipinski definition) is 5. The monoisotopic (exact) mass is 262 g/mol. The van der Waals surface area contributed by atoms with E-state index in [1.807, 2.05) is 6.92 Å². The highest BCUT2D eigenvalue weighted by molar-refractivity contribution is 5.50. The largest absolute Gasteiger partial charge is 0.378 e. The molecule has 2 heterocycles. The van der Waals surface area contributed by atoms with Crippen LogP contribution in [0.5, 0.6) is 0 Å². The molecular weight excluding hydrogens is 240 g/mol. The third-order valence-corrected chi connectivity index (χ3v) is 3.87. The summed E-state index contributed by atoms with van der Waals surface area (Å²) in [5.74, 6) is 2.83. The van der Waals surface area contributed by atoms with E-state index in [0.717, 1.165) is 43.8 Å². The number of aryl methyl sites for hydroxylation is 1. The minimum Gasteiger partial charge on any atom is -0.378 e. The first-order valence-electron chi connectivity index (χ1n) is 7.26. The molecule has 1 saturated carbocycles. The molecule has 1 aliphatic carbocycles. The molecule has 1 N–H and O–H groups in total. The first-order valence-corrected chi connectivity index (χ1v) is 7.26. The van der Waals surface area contributed by atoms with Crippen molar-refractivity contribution in [2.75, 3.05) is 36.5 Å². The fourth-order valence-corrected chi connectivity index (χ4v) is 2.86. The van der Waals surface area contributed by atoms with Crippen LogP contribution in [-0.2, 0) is 4.74 Å². The van der Waals surface area contributed by atoms with Crippen LogP contribution < -0.4 is 10.2 Å². The van der Waals surface area contributed by atoms with Gasteiger partial charge in [0, 0.05) is 25.2 Å². The van der Waals surface area contributed by atoms with Gasteiger partial charge in [0.15, 0.2) is 0 Å². The fraction of sp³-hybridized carbons (Fsp3) is 0.714. The van der Waals surface area contributed by atoms with E-state index in [9.17, 15) is 0 Å². The number of anilines is 2. The molecule has 5 nitrogen and oxygen atoms in total. The highest BCUT2D eigenvalue weighted by Crippen LogP contribution is 2.23. The van der Waals surface area contributed by atoms with Gasteiger partial charge >= 0.3 is 0 Å². The van der Waals surface area contributed by atoms with E-state index in [1.165, 1.54) is 25.7 Å². The summed E-state index contributed by atoms with van der Waals surface area (Å²) in [6.07, 6.45) is 5.18. The Bertz CT molecular complexity index is 425. The number of ether oxygens (including phenoxy) is 1. The minimum atomic E-state index is 0.590. The van der Waals surface area contributed by atoms with Gasteiger partial charge in [0.05, 0.1) is 13.2 Å². The normalized spacial score (nSPS) is 20.8. The molecule has 1 aromatic heterocycles. The van der Waals surface area contributed by atoms with Gasteiger partial charge < -0.3 is 15.0 Å². The molecule has 1 aromatic rings. The van der Waals surface area contributed by atoms with Crippen molar-refractivity contribution in [3.63, 3.8) is 0 Å². The second-order valence-electron chi connectivity index (χ2n) is 5.38. The summed E-state index contributed by atoms with van der Waals surface area (Å²) in [4.78, 5) is 11.3. The van der Waals surface area contributed by atoms with Gasteiger partial charge in [-0.1, -0.05) is 12.8 Å². The molecule has 3 rings (SSSR count). The van der Waals surface area contributed by atoms with Crippen LogP contribution in [0.25, 0.3) is 0 Å². The molecule has 0 unspecified atom stereocenters. The number of morpholine rings is 1. The highest BCUT2D eigenvalue weighted by Gasteiger charge is 2.17. The first-order chi connectivity index (χ1) is 9.31. The lowest BCUT2D eigenvalue weighted by molar-refractivity contribution is 0.122. The number of rotatable bonds is 3. The van der Waals surface area contributed by atoms with E-state index >= 15 is 0 Å². The van der Waals surface area contributed by atoms with E-state index in [4.69, 9.17) is 4.74 Å².